The summed E-state index contributed by atoms with van der Waals surface area (Å²) in [5, 5.41) is 8.99. The number of aliphatic carboxylic acids is 1. The van der Waals surface area contributed by atoms with Crippen LogP contribution < -0.4 is 0 Å². The van der Waals surface area contributed by atoms with Gasteiger partial charge in [0.15, 0.2) is 0 Å². The Morgan fingerprint density at radius 1 is 1.15 bits per heavy atom. The molecule has 0 aliphatic heterocycles. The van der Waals surface area contributed by atoms with Gasteiger partial charge >= 0.3 is 5.97 Å². The van der Waals surface area contributed by atoms with Crippen LogP contribution in [0.15, 0.2) is 0 Å². The summed E-state index contributed by atoms with van der Waals surface area (Å²) in [7, 11) is 0. The monoisotopic (exact) mass is 182 g/mol. The zero-order valence-electron chi connectivity index (χ0n) is 8.04. The predicted molar refractivity (Wildman–Crippen MR) is 50.4 cm³/mol. The topological polar surface area (TPSA) is 37.3 Å². The van der Waals surface area contributed by atoms with Crippen molar-refractivity contribution in [3.63, 3.8) is 0 Å². The molecular formula is C11H18O2. The van der Waals surface area contributed by atoms with E-state index >= 15 is 0 Å². The predicted octanol–water partition coefficient (Wildman–Crippen LogP) is 2.68. The summed E-state index contributed by atoms with van der Waals surface area (Å²) in [6.45, 7) is 0. The Balaban J connectivity index is 1.85. The Morgan fingerprint density at radius 2 is 1.85 bits per heavy atom. The first-order valence-corrected chi connectivity index (χ1v) is 5.50. The van der Waals surface area contributed by atoms with Gasteiger partial charge in [0, 0.05) is 0 Å². The Labute approximate surface area is 79.3 Å². The third-order valence-corrected chi connectivity index (χ3v) is 3.84. The van der Waals surface area contributed by atoms with Gasteiger partial charge in [-0.1, -0.05) is 25.7 Å². The Hall–Kier alpha value is -0.530. The lowest BCUT2D eigenvalue weighted by Gasteiger charge is -2.29. The average Bonchev–Trinajstić information content (AvgIpc) is 2.44. The number of hydrogen-bond acceptors (Lipinski definition) is 1. The van der Waals surface area contributed by atoms with E-state index in [1.54, 1.807) is 0 Å². The molecule has 2 aliphatic rings. The Morgan fingerprint density at radius 3 is 2.38 bits per heavy atom. The van der Waals surface area contributed by atoms with Crippen molar-refractivity contribution in [3.8, 4) is 0 Å². The van der Waals surface area contributed by atoms with Gasteiger partial charge in [0.25, 0.3) is 0 Å². The van der Waals surface area contributed by atoms with E-state index in [0.29, 0.717) is 5.92 Å². The number of carboxylic acid groups (broad SMARTS) is 1. The molecule has 2 rings (SSSR count). The molecule has 2 unspecified atom stereocenters. The van der Waals surface area contributed by atoms with Crippen molar-refractivity contribution in [1.29, 1.82) is 0 Å². The third-order valence-electron chi connectivity index (χ3n) is 3.84. The van der Waals surface area contributed by atoms with Gasteiger partial charge in [-0.3, -0.25) is 4.79 Å². The highest BCUT2D eigenvalue weighted by atomic mass is 16.4. The fourth-order valence-electron chi connectivity index (χ4n) is 2.80. The van der Waals surface area contributed by atoms with E-state index in [0.717, 1.165) is 25.2 Å². The average molecular weight is 182 g/mol. The fourth-order valence-corrected chi connectivity index (χ4v) is 2.80. The van der Waals surface area contributed by atoms with Gasteiger partial charge in [-0.15, -0.1) is 0 Å². The lowest BCUT2D eigenvalue weighted by atomic mass is 9.76. The largest absolute Gasteiger partial charge is 0.481 e. The standard InChI is InChI=1S/C11H18O2/c12-11(13)10-6-2-5-9(10)7-8-3-1-4-8/h8-10H,1-7H2,(H,12,13). The summed E-state index contributed by atoms with van der Waals surface area (Å²) < 4.78 is 0. The first kappa shape index (κ1) is 9.04. The van der Waals surface area contributed by atoms with Gasteiger partial charge in [-0.2, -0.15) is 0 Å². The van der Waals surface area contributed by atoms with Crippen LogP contribution in [0.5, 0.6) is 0 Å². The van der Waals surface area contributed by atoms with Crippen molar-refractivity contribution in [2.75, 3.05) is 0 Å². The van der Waals surface area contributed by atoms with Crippen LogP contribution in [0.1, 0.15) is 44.9 Å². The first-order valence-electron chi connectivity index (χ1n) is 5.50. The summed E-state index contributed by atoms with van der Waals surface area (Å²) in [6.07, 6.45) is 8.48. The second-order valence-corrected chi connectivity index (χ2v) is 4.67. The molecule has 0 spiro atoms. The minimum Gasteiger partial charge on any atom is -0.481 e. The second-order valence-electron chi connectivity index (χ2n) is 4.67. The summed E-state index contributed by atoms with van der Waals surface area (Å²) in [5.41, 5.74) is 0. The summed E-state index contributed by atoms with van der Waals surface area (Å²) in [4.78, 5) is 10.9. The highest BCUT2D eigenvalue weighted by Crippen LogP contribution is 2.41. The molecular weight excluding hydrogens is 164 g/mol. The van der Waals surface area contributed by atoms with E-state index in [2.05, 4.69) is 0 Å². The molecule has 13 heavy (non-hydrogen) atoms. The first-order chi connectivity index (χ1) is 6.27. The van der Waals surface area contributed by atoms with Crippen LogP contribution in [0.25, 0.3) is 0 Å². The van der Waals surface area contributed by atoms with Gasteiger partial charge in [-0.25, -0.2) is 0 Å². The molecule has 0 aromatic rings. The molecule has 1 N–H and O–H groups in total. The number of carboxylic acids is 1. The van der Waals surface area contributed by atoms with Crippen molar-refractivity contribution in [2.45, 2.75) is 44.9 Å². The number of hydrogen-bond donors (Lipinski definition) is 1. The van der Waals surface area contributed by atoms with Crippen LogP contribution in [-0.4, -0.2) is 11.1 Å². The van der Waals surface area contributed by atoms with Crippen LogP contribution in [0.2, 0.25) is 0 Å². The molecule has 0 radical (unpaired) electrons. The van der Waals surface area contributed by atoms with Crippen LogP contribution in [0, 0.1) is 17.8 Å². The molecule has 0 heterocycles. The maximum Gasteiger partial charge on any atom is 0.306 e. The minimum absolute atomic E-state index is 0.0133. The normalized spacial score (nSPS) is 34.5. The molecule has 0 aromatic carbocycles. The highest BCUT2D eigenvalue weighted by Gasteiger charge is 2.35. The molecule has 0 saturated heterocycles. The highest BCUT2D eigenvalue weighted by molar-refractivity contribution is 5.70. The molecule has 0 aromatic heterocycles. The third kappa shape index (κ3) is 1.87. The van der Waals surface area contributed by atoms with E-state index in [1.165, 1.54) is 25.7 Å². The SMILES string of the molecule is O=C(O)C1CCCC1CC1CCC1. The minimum atomic E-state index is -0.554. The summed E-state index contributed by atoms with van der Waals surface area (Å²) >= 11 is 0. The Kier molecular flexibility index (Phi) is 2.56. The smallest absolute Gasteiger partial charge is 0.306 e. The summed E-state index contributed by atoms with van der Waals surface area (Å²) in [5.74, 6) is 0.801. The van der Waals surface area contributed by atoms with E-state index < -0.39 is 5.97 Å². The molecule has 2 heteroatoms. The van der Waals surface area contributed by atoms with E-state index in [9.17, 15) is 4.79 Å². The van der Waals surface area contributed by atoms with Crippen LogP contribution in [0.4, 0.5) is 0 Å². The molecule has 2 atom stereocenters. The Bertz CT molecular complexity index is 196. The quantitative estimate of drug-likeness (QED) is 0.728. The maximum atomic E-state index is 10.9. The maximum absolute atomic E-state index is 10.9. The molecule has 2 aliphatic carbocycles. The van der Waals surface area contributed by atoms with Crippen LogP contribution in [-0.2, 0) is 4.79 Å². The van der Waals surface area contributed by atoms with Crippen molar-refractivity contribution < 1.29 is 9.90 Å². The van der Waals surface area contributed by atoms with Gasteiger partial charge in [0.2, 0.25) is 0 Å². The van der Waals surface area contributed by atoms with E-state index in [1.807, 2.05) is 0 Å². The second kappa shape index (κ2) is 3.69. The van der Waals surface area contributed by atoms with Gasteiger partial charge in [-0.05, 0) is 31.1 Å². The zero-order valence-corrected chi connectivity index (χ0v) is 8.04. The lowest BCUT2D eigenvalue weighted by molar-refractivity contribution is -0.143. The molecule has 2 nitrogen and oxygen atoms in total. The molecule has 2 saturated carbocycles. The fraction of sp³-hybridized carbons (Fsp3) is 0.909. The molecule has 74 valence electrons. The van der Waals surface area contributed by atoms with Crippen molar-refractivity contribution in [1.82, 2.24) is 0 Å². The lowest BCUT2D eigenvalue weighted by Crippen LogP contribution is -2.23. The van der Waals surface area contributed by atoms with Gasteiger partial charge in [0.05, 0.1) is 5.92 Å². The number of rotatable bonds is 3. The van der Waals surface area contributed by atoms with Crippen molar-refractivity contribution >= 4 is 5.97 Å². The zero-order chi connectivity index (χ0) is 9.26. The van der Waals surface area contributed by atoms with Crippen molar-refractivity contribution in [2.24, 2.45) is 17.8 Å². The van der Waals surface area contributed by atoms with Gasteiger partial charge in [0.1, 0.15) is 0 Å². The van der Waals surface area contributed by atoms with E-state index in [-0.39, 0.29) is 5.92 Å². The molecule has 2 fully saturated rings. The molecule has 0 bridgehead atoms. The van der Waals surface area contributed by atoms with Crippen molar-refractivity contribution in [3.05, 3.63) is 0 Å². The van der Waals surface area contributed by atoms with E-state index in [4.69, 9.17) is 5.11 Å². The van der Waals surface area contributed by atoms with Crippen LogP contribution >= 0.6 is 0 Å². The molecule has 0 amide bonds. The van der Waals surface area contributed by atoms with Crippen LogP contribution in [0.3, 0.4) is 0 Å². The summed E-state index contributed by atoms with van der Waals surface area (Å²) in [6, 6.07) is 0. The number of carbonyl (C=O) groups is 1. The van der Waals surface area contributed by atoms with Gasteiger partial charge < -0.3 is 5.11 Å².